The molecule has 0 saturated heterocycles. The highest BCUT2D eigenvalue weighted by Gasteiger charge is 2.37. The van der Waals surface area contributed by atoms with Crippen LogP contribution in [0.2, 0.25) is 0 Å². The maximum absolute atomic E-state index is 14.4. The van der Waals surface area contributed by atoms with Gasteiger partial charge in [-0.15, -0.1) is 0 Å². The van der Waals surface area contributed by atoms with E-state index in [0.717, 1.165) is 12.8 Å². The standard InChI is InChI=1S/C10H16FN3/c1-14-7-8(6-13-14)10(11)4-2-3-9(12)5-10/h6-7,9H,2-5,12H2,1H3. The van der Waals surface area contributed by atoms with Crippen LogP contribution in [0.4, 0.5) is 4.39 Å². The molecule has 0 bridgehead atoms. The van der Waals surface area contributed by atoms with Crippen molar-refractivity contribution in [1.29, 1.82) is 0 Å². The summed E-state index contributed by atoms with van der Waals surface area (Å²) in [5.74, 6) is 0. The Bertz CT molecular complexity index is 323. The summed E-state index contributed by atoms with van der Waals surface area (Å²) in [5.41, 5.74) is 5.22. The Balaban J connectivity index is 2.22. The summed E-state index contributed by atoms with van der Waals surface area (Å²) in [6, 6.07) is -0.00560. The van der Waals surface area contributed by atoms with E-state index < -0.39 is 5.67 Å². The predicted molar refractivity (Wildman–Crippen MR) is 52.4 cm³/mol. The minimum absolute atomic E-state index is 0.00560. The topological polar surface area (TPSA) is 43.8 Å². The number of aromatic nitrogens is 2. The fraction of sp³-hybridized carbons (Fsp3) is 0.700. The molecule has 1 heterocycles. The molecule has 2 atom stereocenters. The SMILES string of the molecule is Cn1cc(C2(F)CCCC(N)C2)cn1. The van der Waals surface area contributed by atoms with E-state index in [1.165, 1.54) is 0 Å². The molecule has 2 rings (SSSR count). The van der Waals surface area contributed by atoms with E-state index >= 15 is 0 Å². The molecule has 0 amide bonds. The van der Waals surface area contributed by atoms with Crippen molar-refractivity contribution >= 4 is 0 Å². The van der Waals surface area contributed by atoms with Crippen molar-refractivity contribution in [2.45, 2.75) is 37.4 Å². The molecular formula is C10H16FN3. The normalized spacial score (nSPS) is 33.2. The first kappa shape index (κ1) is 9.65. The zero-order valence-electron chi connectivity index (χ0n) is 8.41. The molecule has 2 unspecified atom stereocenters. The van der Waals surface area contributed by atoms with Crippen LogP contribution in [0.25, 0.3) is 0 Å². The number of nitrogens with two attached hydrogens (primary N) is 1. The molecular weight excluding hydrogens is 181 g/mol. The van der Waals surface area contributed by atoms with Gasteiger partial charge in [-0.25, -0.2) is 4.39 Å². The third-order valence-corrected chi connectivity index (χ3v) is 2.96. The fourth-order valence-corrected chi connectivity index (χ4v) is 2.18. The van der Waals surface area contributed by atoms with Crippen LogP contribution in [0, 0.1) is 0 Å². The van der Waals surface area contributed by atoms with E-state index in [0.29, 0.717) is 18.4 Å². The van der Waals surface area contributed by atoms with Crippen molar-refractivity contribution in [3.8, 4) is 0 Å². The molecule has 3 nitrogen and oxygen atoms in total. The van der Waals surface area contributed by atoms with Crippen LogP contribution in [0.1, 0.15) is 31.2 Å². The van der Waals surface area contributed by atoms with Crippen molar-refractivity contribution < 1.29 is 4.39 Å². The van der Waals surface area contributed by atoms with Gasteiger partial charge in [-0.05, 0) is 19.3 Å². The van der Waals surface area contributed by atoms with Gasteiger partial charge in [0.1, 0.15) is 5.67 Å². The molecule has 0 aromatic carbocycles. The molecule has 0 aliphatic heterocycles. The largest absolute Gasteiger partial charge is 0.328 e. The van der Waals surface area contributed by atoms with Crippen LogP contribution >= 0.6 is 0 Å². The molecule has 78 valence electrons. The van der Waals surface area contributed by atoms with Gasteiger partial charge in [-0.2, -0.15) is 5.10 Å². The smallest absolute Gasteiger partial charge is 0.140 e. The minimum atomic E-state index is -1.24. The van der Waals surface area contributed by atoms with Gasteiger partial charge in [0.2, 0.25) is 0 Å². The number of hydrogen-bond acceptors (Lipinski definition) is 2. The van der Waals surface area contributed by atoms with E-state index in [9.17, 15) is 4.39 Å². The second-order valence-corrected chi connectivity index (χ2v) is 4.22. The highest BCUT2D eigenvalue weighted by atomic mass is 19.1. The Morgan fingerprint density at radius 2 is 2.50 bits per heavy atom. The van der Waals surface area contributed by atoms with Gasteiger partial charge in [-0.3, -0.25) is 4.68 Å². The monoisotopic (exact) mass is 197 g/mol. The summed E-state index contributed by atoms with van der Waals surface area (Å²) in [4.78, 5) is 0. The summed E-state index contributed by atoms with van der Waals surface area (Å²) in [6.45, 7) is 0. The van der Waals surface area contributed by atoms with Gasteiger partial charge in [0.05, 0.1) is 6.20 Å². The quantitative estimate of drug-likeness (QED) is 0.741. The highest BCUT2D eigenvalue weighted by Crippen LogP contribution is 2.39. The summed E-state index contributed by atoms with van der Waals surface area (Å²) in [7, 11) is 1.80. The van der Waals surface area contributed by atoms with Crippen molar-refractivity contribution in [1.82, 2.24) is 9.78 Å². The van der Waals surface area contributed by atoms with Gasteiger partial charge < -0.3 is 5.73 Å². The van der Waals surface area contributed by atoms with Crippen LogP contribution in [0.15, 0.2) is 12.4 Å². The minimum Gasteiger partial charge on any atom is -0.328 e. The fourth-order valence-electron chi connectivity index (χ4n) is 2.18. The van der Waals surface area contributed by atoms with E-state index in [1.807, 2.05) is 0 Å². The summed E-state index contributed by atoms with van der Waals surface area (Å²) >= 11 is 0. The maximum Gasteiger partial charge on any atom is 0.140 e. The van der Waals surface area contributed by atoms with E-state index in [-0.39, 0.29) is 6.04 Å². The van der Waals surface area contributed by atoms with E-state index in [1.54, 1.807) is 24.1 Å². The second-order valence-electron chi connectivity index (χ2n) is 4.22. The second kappa shape index (κ2) is 3.35. The molecule has 2 N–H and O–H groups in total. The average Bonchev–Trinajstić information content (AvgIpc) is 2.52. The van der Waals surface area contributed by atoms with Crippen LogP contribution in [0.3, 0.4) is 0 Å². The van der Waals surface area contributed by atoms with Crippen LogP contribution in [-0.2, 0) is 12.7 Å². The number of nitrogens with zero attached hydrogens (tertiary/aromatic N) is 2. The lowest BCUT2D eigenvalue weighted by molar-refractivity contribution is 0.0947. The Morgan fingerprint density at radius 3 is 3.07 bits per heavy atom. The molecule has 0 radical (unpaired) electrons. The number of hydrogen-bond donors (Lipinski definition) is 1. The summed E-state index contributed by atoms with van der Waals surface area (Å²) in [6.07, 6.45) is 6.17. The van der Waals surface area contributed by atoms with Crippen molar-refractivity contribution in [3.63, 3.8) is 0 Å². The van der Waals surface area contributed by atoms with Gasteiger partial charge in [-0.1, -0.05) is 0 Å². The third-order valence-electron chi connectivity index (χ3n) is 2.96. The van der Waals surface area contributed by atoms with Gasteiger partial charge in [0, 0.05) is 31.3 Å². The highest BCUT2D eigenvalue weighted by molar-refractivity contribution is 5.17. The molecule has 0 spiro atoms. The first-order valence-electron chi connectivity index (χ1n) is 5.04. The van der Waals surface area contributed by atoms with E-state index in [2.05, 4.69) is 5.10 Å². The molecule has 14 heavy (non-hydrogen) atoms. The predicted octanol–water partition coefficient (Wildman–Crippen LogP) is 1.49. The first-order chi connectivity index (χ1) is 6.60. The Morgan fingerprint density at radius 1 is 1.71 bits per heavy atom. The molecule has 1 saturated carbocycles. The van der Waals surface area contributed by atoms with Gasteiger partial charge in [0.25, 0.3) is 0 Å². The number of rotatable bonds is 1. The number of aryl methyl sites for hydroxylation is 1. The summed E-state index contributed by atoms with van der Waals surface area (Å²) in [5, 5.41) is 4.00. The van der Waals surface area contributed by atoms with Crippen molar-refractivity contribution in [2.24, 2.45) is 12.8 Å². The molecule has 1 aliphatic rings. The zero-order chi connectivity index (χ0) is 10.2. The molecule has 1 aromatic rings. The zero-order valence-corrected chi connectivity index (χ0v) is 8.41. The Hall–Kier alpha value is -0.900. The molecule has 4 heteroatoms. The molecule has 1 fully saturated rings. The number of halogens is 1. The number of alkyl halides is 1. The van der Waals surface area contributed by atoms with Crippen LogP contribution < -0.4 is 5.73 Å². The Labute approximate surface area is 83.1 Å². The third kappa shape index (κ3) is 1.66. The maximum atomic E-state index is 14.4. The van der Waals surface area contributed by atoms with Crippen LogP contribution in [0.5, 0.6) is 0 Å². The molecule has 1 aliphatic carbocycles. The van der Waals surface area contributed by atoms with Crippen molar-refractivity contribution in [3.05, 3.63) is 18.0 Å². The van der Waals surface area contributed by atoms with Gasteiger partial charge in [0.15, 0.2) is 0 Å². The lowest BCUT2D eigenvalue weighted by Gasteiger charge is -2.32. The first-order valence-corrected chi connectivity index (χ1v) is 5.04. The Kier molecular flexibility index (Phi) is 2.31. The van der Waals surface area contributed by atoms with Crippen molar-refractivity contribution in [2.75, 3.05) is 0 Å². The van der Waals surface area contributed by atoms with E-state index in [4.69, 9.17) is 5.73 Å². The molecule has 1 aromatic heterocycles. The van der Waals surface area contributed by atoms with Gasteiger partial charge >= 0.3 is 0 Å². The lowest BCUT2D eigenvalue weighted by atomic mass is 9.80. The average molecular weight is 197 g/mol. The van der Waals surface area contributed by atoms with Crippen LogP contribution in [-0.4, -0.2) is 15.8 Å². The summed E-state index contributed by atoms with van der Waals surface area (Å²) < 4.78 is 16.1. The lowest BCUT2D eigenvalue weighted by Crippen LogP contribution is -2.35.